The molecule has 0 spiro atoms. The second-order valence-corrected chi connectivity index (χ2v) is 8.60. The first kappa shape index (κ1) is 25.9. The zero-order chi connectivity index (χ0) is 24.8. The number of halogens is 3. The number of amides is 2. The fourth-order valence-electron chi connectivity index (χ4n) is 3.37. The summed E-state index contributed by atoms with van der Waals surface area (Å²) in [6.07, 6.45) is 3.13. The van der Waals surface area contributed by atoms with Gasteiger partial charge in [-0.3, -0.25) is 4.79 Å². The molecule has 0 aliphatic carbocycles. The fourth-order valence-corrected chi connectivity index (χ4v) is 4.19. The predicted octanol–water partition coefficient (Wildman–Crippen LogP) is 4.79. The maximum atomic E-state index is 12.8. The Hall–Kier alpha value is -2.71. The summed E-state index contributed by atoms with van der Waals surface area (Å²) in [5.74, 6) is -0.239. The third-order valence-electron chi connectivity index (χ3n) is 5.00. The molecule has 1 heterocycles. The molecule has 1 saturated heterocycles. The standard InChI is InChI=1S/C24H24Cl3N3O4/c1-4-17(34-15(3)31)12-18-14(2)19(25)13-21(27)23(18)29-24(32)28-16-5-6-22(20(26)11-16)30-7-9-33-10-8-30/h4-6,11-13H,2,7-10H2,1,3H3,(H2,28,29,32)/b17-4+,18-12+. The van der Waals surface area contributed by atoms with Crippen LogP contribution in [0.4, 0.5) is 21.9 Å². The Balaban J connectivity index is 1.86. The summed E-state index contributed by atoms with van der Waals surface area (Å²) in [7, 11) is 0. The predicted molar refractivity (Wildman–Crippen MR) is 138 cm³/mol. The number of allylic oxidation sites excluding steroid dienone is 2. The second kappa shape index (κ2) is 11.6. The molecule has 0 radical (unpaired) electrons. The van der Waals surface area contributed by atoms with Crippen LogP contribution in [-0.4, -0.2) is 38.3 Å². The highest BCUT2D eigenvalue weighted by atomic mass is 35.5. The number of anilines is 3. The van der Waals surface area contributed by atoms with Crippen molar-refractivity contribution in [1.29, 1.82) is 0 Å². The monoisotopic (exact) mass is 523 g/mol. The molecular weight excluding hydrogens is 501 g/mol. The second-order valence-electron chi connectivity index (χ2n) is 7.38. The van der Waals surface area contributed by atoms with Gasteiger partial charge in [0, 0.05) is 35.9 Å². The average Bonchev–Trinajstić information content (AvgIpc) is 2.79. The quantitative estimate of drug-likeness (QED) is 0.434. The van der Waals surface area contributed by atoms with Gasteiger partial charge in [0.2, 0.25) is 0 Å². The number of hydrogen-bond donors (Lipinski definition) is 2. The molecule has 180 valence electrons. The van der Waals surface area contributed by atoms with Crippen molar-refractivity contribution < 1.29 is 19.1 Å². The number of rotatable bonds is 5. The first-order valence-electron chi connectivity index (χ1n) is 10.4. The van der Waals surface area contributed by atoms with Crippen molar-refractivity contribution in [2.45, 2.75) is 13.8 Å². The maximum absolute atomic E-state index is 12.8. The number of ether oxygens (including phenoxy) is 2. The minimum atomic E-state index is -0.553. The molecule has 0 saturated carbocycles. The van der Waals surface area contributed by atoms with Gasteiger partial charge in [0.25, 0.3) is 0 Å². The lowest BCUT2D eigenvalue weighted by molar-refractivity contribution is -0.136. The zero-order valence-corrected chi connectivity index (χ0v) is 21.0. The normalized spacial score (nSPS) is 14.7. The number of urea groups is 1. The van der Waals surface area contributed by atoms with E-state index >= 15 is 0 Å². The number of benzene rings is 2. The summed E-state index contributed by atoms with van der Waals surface area (Å²) >= 11 is 19.1. The van der Waals surface area contributed by atoms with E-state index in [1.54, 1.807) is 25.1 Å². The Morgan fingerprint density at radius 3 is 2.41 bits per heavy atom. The number of esters is 1. The molecule has 0 atom stereocenters. The third-order valence-corrected chi connectivity index (χ3v) is 5.94. The minimum absolute atomic E-state index is 0.192. The van der Waals surface area contributed by atoms with E-state index < -0.39 is 12.0 Å². The van der Waals surface area contributed by atoms with Gasteiger partial charge < -0.3 is 25.0 Å². The van der Waals surface area contributed by atoms with Gasteiger partial charge in [-0.05, 0) is 48.6 Å². The largest absolute Gasteiger partial charge is 0.427 e. The average molecular weight is 525 g/mol. The Bertz CT molecular complexity index is 1240. The Morgan fingerprint density at radius 1 is 1.09 bits per heavy atom. The summed E-state index contributed by atoms with van der Waals surface area (Å²) in [5, 5.41) is 7.29. The van der Waals surface area contributed by atoms with Crippen molar-refractivity contribution in [3.8, 4) is 0 Å². The van der Waals surface area contributed by atoms with E-state index in [0.29, 0.717) is 39.4 Å². The highest BCUT2D eigenvalue weighted by Gasteiger charge is 2.16. The van der Waals surface area contributed by atoms with E-state index in [-0.39, 0.29) is 16.5 Å². The Labute approximate surface area is 212 Å². The molecular formula is C24H24Cl3N3O4. The van der Waals surface area contributed by atoms with Crippen molar-refractivity contribution in [1.82, 2.24) is 0 Å². The Morgan fingerprint density at radius 2 is 1.79 bits per heavy atom. The summed E-state index contributed by atoms with van der Waals surface area (Å²) in [4.78, 5) is 26.3. The molecule has 1 fully saturated rings. The molecule has 1 aliphatic rings. The number of carbonyl (C=O) groups excluding carboxylic acids is 2. The summed E-state index contributed by atoms with van der Waals surface area (Å²) in [6.45, 7) is 9.71. The van der Waals surface area contributed by atoms with Crippen LogP contribution >= 0.6 is 34.8 Å². The van der Waals surface area contributed by atoms with Crippen LogP contribution in [0.5, 0.6) is 0 Å². The molecule has 3 rings (SSSR count). The number of nitrogens with zero attached hydrogens (tertiary/aromatic N) is 1. The maximum Gasteiger partial charge on any atom is 0.323 e. The van der Waals surface area contributed by atoms with Gasteiger partial charge in [-0.25, -0.2) is 4.79 Å². The number of hydrogen-bond acceptors (Lipinski definition) is 5. The van der Waals surface area contributed by atoms with E-state index in [1.807, 2.05) is 6.07 Å². The highest BCUT2D eigenvalue weighted by molar-refractivity contribution is 6.37. The van der Waals surface area contributed by atoms with Crippen LogP contribution in [0.2, 0.25) is 15.1 Å². The van der Waals surface area contributed by atoms with E-state index in [4.69, 9.17) is 44.3 Å². The lowest BCUT2D eigenvalue weighted by atomic mass is 10.2. The van der Waals surface area contributed by atoms with Crippen molar-refractivity contribution in [2.24, 2.45) is 0 Å². The molecule has 1 aliphatic heterocycles. The van der Waals surface area contributed by atoms with Crippen molar-refractivity contribution in [2.75, 3.05) is 41.8 Å². The minimum Gasteiger partial charge on any atom is -0.427 e. The van der Waals surface area contributed by atoms with Gasteiger partial charge in [-0.2, -0.15) is 0 Å². The van der Waals surface area contributed by atoms with Gasteiger partial charge in [-0.15, -0.1) is 0 Å². The lowest BCUT2D eigenvalue weighted by Crippen LogP contribution is -2.36. The van der Waals surface area contributed by atoms with E-state index in [2.05, 4.69) is 22.1 Å². The van der Waals surface area contributed by atoms with Crippen LogP contribution in [0.25, 0.3) is 12.7 Å². The summed E-state index contributed by atoms with van der Waals surface area (Å²) in [6, 6.07) is 6.21. The van der Waals surface area contributed by atoms with E-state index in [0.717, 1.165) is 18.8 Å². The highest BCUT2D eigenvalue weighted by Crippen LogP contribution is 2.29. The smallest absolute Gasteiger partial charge is 0.323 e. The number of morpholine rings is 1. The Kier molecular flexibility index (Phi) is 8.85. The van der Waals surface area contributed by atoms with Gasteiger partial charge in [0.1, 0.15) is 5.76 Å². The van der Waals surface area contributed by atoms with Crippen LogP contribution in [-0.2, 0) is 14.3 Å². The van der Waals surface area contributed by atoms with Crippen molar-refractivity contribution in [3.05, 3.63) is 61.6 Å². The first-order chi connectivity index (χ1) is 16.2. The van der Waals surface area contributed by atoms with E-state index in [1.165, 1.54) is 19.1 Å². The molecule has 0 bridgehead atoms. The van der Waals surface area contributed by atoms with Gasteiger partial charge in [-0.1, -0.05) is 41.4 Å². The zero-order valence-electron chi connectivity index (χ0n) is 18.7. The molecule has 10 heteroatoms. The molecule has 2 amide bonds. The van der Waals surface area contributed by atoms with Crippen molar-refractivity contribution in [3.63, 3.8) is 0 Å². The molecule has 7 nitrogen and oxygen atoms in total. The lowest BCUT2D eigenvalue weighted by Gasteiger charge is -2.29. The van der Waals surface area contributed by atoms with Crippen LogP contribution in [0.1, 0.15) is 13.8 Å². The summed E-state index contributed by atoms with van der Waals surface area (Å²) < 4.78 is 10.5. The molecule has 2 N–H and O–H groups in total. The van der Waals surface area contributed by atoms with Gasteiger partial charge >= 0.3 is 12.0 Å². The fraction of sp³-hybridized carbons (Fsp3) is 0.250. The molecule has 2 aromatic rings. The van der Waals surface area contributed by atoms with E-state index in [9.17, 15) is 9.59 Å². The molecule has 34 heavy (non-hydrogen) atoms. The van der Waals surface area contributed by atoms with Crippen LogP contribution in [0, 0.1) is 0 Å². The molecule has 0 aromatic heterocycles. The van der Waals surface area contributed by atoms with Crippen LogP contribution in [0.15, 0.2) is 36.1 Å². The van der Waals surface area contributed by atoms with Crippen molar-refractivity contribution >= 4 is 76.5 Å². The molecule has 0 unspecified atom stereocenters. The third kappa shape index (κ3) is 6.45. The van der Waals surface area contributed by atoms with Gasteiger partial charge in [0.05, 0.1) is 34.6 Å². The topological polar surface area (TPSA) is 79.9 Å². The number of carbonyl (C=O) groups is 2. The first-order valence-corrected chi connectivity index (χ1v) is 11.6. The molecule has 2 aromatic carbocycles. The van der Waals surface area contributed by atoms with Crippen LogP contribution < -0.4 is 26.0 Å². The van der Waals surface area contributed by atoms with Gasteiger partial charge in [0.15, 0.2) is 0 Å². The van der Waals surface area contributed by atoms with Crippen LogP contribution in [0.3, 0.4) is 0 Å². The number of nitrogens with one attached hydrogen (secondary N) is 2. The SMILES string of the molecule is C=c1c(Cl)cc(Cl)c(NC(=O)Nc2ccc(N3CCOCC3)c(Cl)c2)/c1=C/C(=C\C)OC(C)=O. The summed E-state index contributed by atoms with van der Waals surface area (Å²) in [5.41, 5.74) is 1.63.